The van der Waals surface area contributed by atoms with Crippen molar-refractivity contribution in [3.05, 3.63) is 22.8 Å². The molecule has 70 valence electrons. The topological polar surface area (TPSA) is 25.8 Å². The Labute approximate surface area is 81.2 Å². The van der Waals surface area contributed by atoms with Gasteiger partial charge in [-0.1, -0.05) is 12.7 Å². The smallest absolute Gasteiger partial charge is 0.125 e. The third-order valence-electron chi connectivity index (χ3n) is 2.31. The first-order chi connectivity index (χ1) is 6.15. The predicted molar refractivity (Wildman–Crippen MR) is 57.9 cm³/mol. The maximum Gasteiger partial charge on any atom is 0.125 e. The van der Waals surface area contributed by atoms with Crippen LogP contribution in [0.4, 0.5) is 0 Å². The molecule has 13 heavy (non-hydrogen) atoms. The second-order valence-corrected chi connectivity index (χ2v) is 3.52. The van der Waals surface area contributed by atoms with Crippen molar-refractivity contribution in [2.24, 2.45) is 0 Å². The average Bonchev–Trinajstić information content (AvgIpc) is 2.02. The number of nitrogens with zero attached hydrogens (tertiary/aromatic N) is 2. The highest BCUT2D eigenvalue weighted by Gasteiger charge is 2.05. The van der Waals surface area contributed by atoms with E-state index < -0.39 is 0 Å². The van der Waals surface area contributed by atoms with Gasteiger partial charge in [0.1, 0.15) is 13.7 Å². The van der Waals surface area contributed by atoms with E-state index in [9.17, 15) is 0 Å². The van der Waals surface area contributed by atoms with E-state index in [2.05, 4.69) is 31.7 Å². The Balaban J connectivity index is 2.92. The van der Waals surface area contributed by atoms with Crippen LogP contribution in [0.2, 0.25) is 6.32 Å². The van der Waals surface area contributed by atoms with Crippen LogP contribution >= 0.6 is 0 Å². The summed E-state index contributed by atoms with van der Waals surface area (Å²) < 4.78 is 0. The van der Waals surface area contributed by atoms with Gasteiger partial charge in [-0.2, -0.15) is 0 Å². The number of aromatic nitrogens is 2. The van der Waals surface area contributed by atoms with Gasteiger partial charge in [0.2, 0.25) is 0 Å². The second-order valence-electron chi connectivity index (χ2n) is 3.52. The summed E-state index contributed by atoms with van der Waals surface area (Å²) in [7, 11) is 2.21. The third-order valence-corrected chi connectivity index (χ3v) is 2.31. The molecule has 0 aliphatic heterocycles. The number of hydrogen-bond acceptors (Lipinski definition) is 2. The molecular weight excluding hydrogens is 159 g/mol. The Morgan fingerprint density at radius 3 is 2.08 bits per heavy atom. The molecule has 0 aliphatic rings. The molecule has 0 saturated carbocycles. The minimum atomic E-state index is 0.884. The Morgan fingerprint density at radius 2 is 1.62 bits per heavy atom. The van der Waals surface area contributed by atoms with Crippen molar-refractivity contribution in [2.75, 3.05) is 0 Å². The SMILES string of the molecule is BCCCc1c(C)nc(C)nc1C. The largest absolute Gasteiger partial charge is 0.238 e. The second kappa shape index (κ2) is 4.40. The third kappa shape index (κ3) is 2.54. The van der Waals surface area contributed by atoms with Crippen LogP contribution < -0.4 is 0 Å². The summed E-state index contributed by atoms with van der Waals surface area (Å²) in [5.74, 6) is 0.884. The molecule has 3 heteroatoms. The quantitative estimate of drug-likeness (QED) is 0.650. The Morgan fingerprint density at radius 1 is 1.08 bits per heavy atom. The molecular formula is C10H17BN2. The fourth-order valence-electron chi connectivity index (χ4n) is 1.62. The van der Waals surface area contributed by atoms with Gasteiger partial charge in [0.25, 0.3) is 0 Å². The highest BCUT2D eigenvalue weighted by molar-refractivity contribution is 6.08. The summed E-state index contributed by atoms with van der Waals surface area (Å²) in [5, 5.41) is 0. The van der Waals surface area contributed by atoms with Gasteiger partial charge in [-0.3, -0.25) is 0 Å². The van der Waals surface area contributed by atoms with E-state index >= 15 is 0 Å². The maximum atomic E-state index is 4.38. The van der Waals surface area contributed by atoms with E-state index in [0.717, 1.165) is 23.6 Å². The van der Waals surface area contributed by atoms with E-state index in [1.807, 2.05) is 6.92 Å². The van der Waals surface area contributed by atoms with Crippen molar-refractivity contribution in [1.29, 1.82) is 0 Å². The first-order valence-electron chi connectivity index (χ1n) is 4.96. The lowest BCUT2D eigenvalue weighted by atomic mass is 9.96. The lowest BCUT2D eigenvalue weighted by Crippen LogP contribution is -2.02. The molecule has 1 aromatic rings. The van der Waals surface area contributed by atoms with Crippen LogP contribution in [0.1, 0.15) is 29.2 Å². The molecule has 0 amide bonds. The Bertz CT molecular complexity index is 274. The zero-order valence-electron chi connectivity index (χ0n) is 9.02. The molecule has 0 N–H and O–H groups in total. The molecule has 0 fully saturated rings. The maximum absolute atomic E-state index is 4.38. The molecule has 0 spiro atoms. The average molecular weight is 176 g/mol. The van der Waals surface area contributed by atoms with E-state index in [1.54, 1.807) is 0 Å². The van der Waals surface area contributed by atoms with Gasteiger partial charge in [0.15, 0.2) is 0 Å². The number of aryl methyl sites for hydroxylation is 3. The molecule has 2 nitrogen and oxygen atoms in total. The van der Waals surface area contributed by atoms with Crippen LogP contribution in [0.15, 0.2) is 0 Å². The van der Waals surface area contributed by atoms with Gasteiger partial charge >= 0.3 is 0 Å². The first kappa shape index (κ1) is 10.2. The lowest BCUT2D eigenvalue weighted by molar-refractivity contribution is 0.847. The Hall–Kier alpha value is -0.855. The highest BCUT2D eigenvalue weighted by atomic mass is 14.9. The van der Waals surface area contributed by atoms with Crippen molar-refractivity contribution in [1.82, 2.24) is 9.97 Å². The van der Waals surface area contributed by atoms with Crippen LogP contribution in [0.25, 0.3) is 0 Å². The van der Waals surface area contributed by atoms with Gasteiger partial charge < -0.3 is 0 Å². The summed E-state index contributed by atoms with van der Waals surface area (Å²) in [6.07, 6.45) is 3.58. The van der Waals surface area contributed by atoms with Crippen molar-refractivity contribution in [3.8, 4) is 0 Å². The molecule has 1 aromatic heterocycles. The molecule has 0 aliphatic carbocycles. The normalized spacial score (nSPS) is 10.4. The van der Waals surface area contributed by atoms with Gasteiger partial charge in [-0.25, -0.2) is 9.97 Å². The molecule has 0 bridgehead atoms. The minimum absolute atomic E-state index is 0.884. The summed E-state index contributed by atoms with van der Waals surface area (Å²) in [6, 6.07) is 0. The monoisotopic (exact) mass is 176 g/mol. The zero-order valence-corrected chi connectivity index (χ0v) is 9.02. The van der Waals surface area contributed by atoms with Crippen LogP contribution in [-0.4, -0.2) is 17.8 Å². The summed E-state index contributed by atoms with van der Waals surface area (Å²) in [6.45, 7) is 6.10. The molecule has 1 heterocycles. The van der Waals surface area contributed by atoms with Crippen LogP contribution in [0.5, 0.6) is 0 Å². The first-order valence-corrected chi connectivity index (χ1v) is 4.96. The van der Waals surface area contributed by atoms with Gasteiger partial charge in [0.05, 0.1) is 0 Å². The van der Waals surface area contributed by atoms with E-state index in [1.165, 1.54) is 18.3 Å². The van der Waals surface area contributed by atoms with Gasteiger partial charge in [-0.05, 0) is 32.8 Å². The Kier molecular flexibility index (Phi) is 3.46. The minimum Gasteiger partial charge on any atom is -0.238 e. The summed E-state index contributed by atoms with van der Waals surface area (Å²) >= 11 is 0. The van der Waals surface area contributed by atoms with E-state index in [0.29, 0.717) is 0 Å². The fraction of sp³-hybridized carbons (Fsp3) is 0.600. The fourth-order valence-corrected chi connectivity index (χ4v) is 1.62. The molecule has 0 aromatic carbocycles. The van der Waals surface area contributed by atoms with Gasteiger partial charge in [-0.15, -0.1) is 0 Å². The van der Waals surface area contributed by atoms with Gasteiger partial charge in [0, 0.05) is 11.4 Å². The van der Waals surface area contributed by atoms with Crippen molar-refractivity contribution < 1.29 is 0 Å². The van der Waals surface area contributed by atoms with E-state index in [-0.39, 0.29) is 0 Å². The standard InChI is InChI=1S/C10H17BN2/c1-7-10(5-4-6-11)8(2)13-9(3)12-7/h4-6,11H2,1-3H3. The summed E-state index contributed by atoms with van der Waals surface area (Å²) in [4.78, 5) is 8.75. The predicted octanol–water partition coefficient (Wildman–Crippen LogP) is 1.39. The number of rotatable bonds is 3. The highest BCUT2D eigenvalue weighted by Crippen LogP contribution is 2.12. The van der Waals surface area contributed by atoms with Crippen LogP contribution in [-0.2, 0) is 6.42 Å². The van der Waals surface area contributed by atoms with Crippen LogP contribution in [0, 0.1) is 20.8 Å². The molecule has 1 rings (SSSR count). The molecule has 0 radical (unpaired) electrons. The summed E-state index contributed by atoms with van der Waals surface area (Å²) in [5.41, 5.74) is 3.64. The zero-order chi connectivity index (χ0) is 9.84. The van der Waals surface area contributed by atoms with Crippen molar-refractivity contribution >= 4 is 7.85 Å². The van der Waals surface area contributed by atoms with Crippen LogP contribution in [0.3, 0.4) is 0 Å². The van der Waals surface area contributed by atoms with E-state index in [4.69, 9.17) is 0 Å². The number of hydrogen-bond donors (Lipinski definition) is 0. The van der Waals surface area contributed by atoms with Crippen molar-refractivity contribution in [2.45, 2.75) is 39.9 Å². The molecule has 0 unspecified atom stereocenters. The molecule has 0 atom stereocenters. The molecule has 0 saturated heterocycles. The van der Waals surface area contributed by atoms with Crippen molar-refractivity contribution in [3.63, 3.8) is 0 Å². The lowest BCUT2D eigenvalue weighted by Gasteiger charge is -2.08.